The van der Waals surface area contributed by atoms with Crippen LogP contribution >= 0.6 is 0 Å². The molecule has 0 saturated heterocycles. The van der Waals surface area contributed by atoms with Crippen molar-refractivity contribution in [1.29, 1.82) is 0 Å². The van der Waals surface area contributed by atoms with Gasteiger partial charge in [-0.05, 0) is 31.8 Å². The quantitative estimate of drug-likeness (QED) is 0.608. The molecule has 0 saturated carbocycles. The second-order valence-electron chi connectivity index (χ2n) is 3.10. The average Bonchev–Trinajstić information content (AvgIpc) is 2.05. The number of hydrogen-bond donors (Lipinski definition) is 1. The number of aliphatic hydroxyl groups excluding tert-OH is 1. The van der Waals surface area contributed by atoms with Crippen LogP contribution in [0, 0.1) is 5.92 Å². The Morgan fingerprint density at radius 3 is 2.91 bits per heavy atom. The molecule has 0 radical (unpaired) electrons. The van der Waals surface area contributed by atoms with Crippen LogP contribution < -0.4 is 0 Å². The molecule has 1 unspecified atom stereocenters. The van der Waals surface area contributed by atoms with Crippen molar-refractivity contribution in [3.05, 3.63) is 11.6 Å². The molecule has 1 aliphatic rings. The molecule has 0 bridgehead atoms. The zero-order valence-corrected chi connectivity index (χ0v) is 6.84. The van der Waals surface area contributed by atoms with Crippen LogP contribution in [0.5, 0.6) is 0 Å². The van der Waals surface area contributed by atoms with Gasteiger partial charge in [0.2, 0.25) is 0 Å². The van der Waals surface area contributed by atoms with Crippen LogP contribution in [0.3, 0.4) is 0 Å². The maximum atomic E-state index is 10.9. The molecule has 62 valence electrons. The number of allylic oxidation sites excluding steroid dienone is 1. The minimum atomic E-state index is 0.157. The second kappa shape index (κ2) is 3.67. The predicted octanol–water partition coefficient (Wildman–Crippen LogP) is 1.29. The Morgan fingerprint density at radius 1 is 1.82 bits per heavy atom. The zero-order valence-electron chi connectivity index (χ0n) is 6.84. The number of Topliss-reactive ketones (excluding diaryl/α,β-unsaturated/α-hetero) is 1. The Bertz CT molecular complexity index is 182. The summed E-state index contributed by atoms with van der Waals surface area (Å²) in [5, 5.41) is 8.76. The highest BCUT2D eigenvalue weighted by atomic mass is 16.3. The monoisotopic (exact) mass is 154 g/mol. The highest BCUT2D eigenvalue weighted by Gasteiger charge is 2.17. The molecule has 0 fully saturated rings. The number of carbonyl (C=O) groups is 1. The lowest BCUT2D eigenvalue weighted by Gasteiger charge is -2.17. The average molecular weight is 154 g/mol. The van der Waals surface area contributed by atoms with Gasteiger partial charge in [0.05, 0.1) is 6.61 Å². The number of ketones is 1. The predicted molar refractivity (Wildman–Crippen MR) is 43.2 cm³/mol. The van der Waals surface area contributed by atoms with Crippen LogP contribution in [0.15, 0.2) is 11.6 Å². The smallest absolute Gasteiger partial charge is 0.133 e. The van der Waals surface area contributed by atoms with Gasteiger partial charge in [0.15, 0.2) is 0 Å². The lowest BCUT2D eigenvalue weighted by atomic mass is 9.87. The van der Waals surface area contributed by atoms with E-state index in [0.29, 0.717) is 0 Å². The fraction of sp³-hybridized carbons (Fsp3) is 0.667. The number of rotatable bonds is 2. The van der Waals surface area contributed by atoms with E-state index >= 15 is 0 Å². The van der Waals surface area contributed by atoms with E-state index in [4.69, 9.17) is 5.11 Å². The van der Waals surface area contributed by atoms with Crippen LogP contribution in [0.25, 0.3) is 0 Å². The van der Waals surface area contributed by atoms with Gasteiger partial charge in [-0.3, -0.25) is 4.79 Å². The van der Waals surface area contributed by atoms with Gasteiger partial charge in [0, 0.05) is 5.92 Å². The summed E-state index contributed by atoms with van der Waals surface area (Å²) >= 11 is 0. The van der Waals surface area contributed by atoms with Crippen LogP contribution in [0.1, 0.15) is 26.2 Å². The van der Waals surface area contributed by atoms with Crippen molar-refractivity contribution in [2.75, 3.05) is 6.61 Å². The van der Waals surface area contributed by atoms with Gasteiger partial charge >= 0.3 is 0 Å². The van der Waals surface area contributed by atoms with Crippen molar-refractivity contribution < 1.29 is 9.90 Å². The van der Waals surface area contributed by atoms with E-state index in [1.54, 1.807) is 6.92 Å². The number of carbonyl (C=O) groups excluding carboxylic acids is 1. The fourth-order valence-electron chi connectivity index (χ4n) is 1.40. The van der Waals surface area contributed by atoms with Crippen molar-refractivity contribution in [2.45, 2.75) is 26.2 Å². The Kier molecular flexibility index (Phi) is 2.83. The molecule has 2 heteroatoms. The third-order valence-corrected chi connectivity index (χ3v) is 2.28. The summed E-state index contributed by atoms with van der Waals surface area (Å²) in [4.78, 5) is 10.9. The molecule has 11 heavy (non-hydrogen) atoms. The first-order valence-electron chi connectivity index (χ1n) is 4.03. The maximum absolute atomic E-state index is 10.9. The Balaban J connectivity index is 2.47. The van der Waals surface area contributed by atoms with Crippen LogP contribution in [0.4, 0.5) is 0 Å². The van der Waals surface area contributed by atoms with E-state index in [-0.39, 0.29) is 18.3 Å². The van der Waals surface area contributed by atoms with Gasteiger partial charge in [-0.1, -0.05) is 6.08 Å². The van der Waals surface area contributed by atoms with Crippen LogP contribution in [-0.4, -0.2) is 17.5 Å². The van der Waals surface area contributed by atoms with Gasteiger partial charge in [0.25, 0.3) is 0 Å². The molecule has 1 rings (SSSR count). The first kappa shape index (κ1) is 8.47. The van der Waals surface area contributed by atoms with E-state index < -0.39 is 0 Å². The zero-order chi connectivity index (χ0) is 8.27. The minimum absolute atomic E-state index is 0.157. The summed E-state index contributed by atoms with van der Waals surface area (Å²) < 4.78 is 0. The Morgan fingerprint density at radius 2 is 2.55 bits per heavy atom. The molecule has 0 aliphatic heterocycles. The van der Waals surface area contributed by atoms with E-state index in [2.05, 4.69) is 0 Å². The van der Waals surface area contributed by atoms with Crippen molar-refractivity contribution in [3.8, 4) is 0 Å². The van der Waals surface area contributed by atoms with Gasteiger partial charge in [0.1, 0.15) is 5.78 Å². The SMILES string of the molecule is CC(=O)C1CC=C(CO)CC1. The van der Waals surface area contributed by atoms with Crippen molar-refractivity contribution in [2.24, 2.45) is 5.92 Å². The normalized spacial score (nSPS) is 24.5. The molecular weight excluding hydrogens is 140 g/mol. The molecule has 2 nitrogen and oxygen atoms in total. The van der Waals surface area contributed by atoms with Crippen molar-refractivity contribution in [1.82, 2.24) is 0 Å². The summed E-state index contributed by atoms with van der Waals surface area (Å²) in [6, 6.07) is 0. The van der Waals surface area contributed by atoms with Crippen LogP contribution in [-0.2, 0) is 4.79 Å². The van der Waals surface area contributed by atoms with Crippen molar-refractivity contribution in [3.63, 3.8) is 0 Å². The molecular formula is C9H14O2. The summed E-state index contributed by atoms with van der Waals surface area (Å²) in [7, 11) is 0. The highest BCUT2D eigenvalue weighted by molar-refractivity contribution is 5.78. The van der Waals surface area contributed by atoms with E-state index in [1.807, 2.05) is 6.08 Å². The molecule has 1 N–H and O–H groups in total. The summed E-state index contributed by atoms with van der Waals surface area (Å²) in [6.45, 7) is 1.80. The van der Waals surface area contributed by atoms with E-state index in [9.17, 15) is 4.79 Å². The summed E-state index contributed by atoms with van der Waals surface area (Å²) in [6.07, 6.45) is 4.63. The highest BCUT2D eigenvalue weighted by Crippen LogP contribution is 2.23. The Labute approximate surface area is 66.9 Å². The molecule has 0 heterocycles. The van der Waals surface area contributed by atoms with E-state index in [0.717, 1.165) is 24.8 Å². The molecule has 1 atom stereocenters. The summed E-state index contributed by atoms with van der Waals surface area (Å²) in [5.41, 5.74) is 1.09. The number of hydrogen-bond acceptors (Lipinski definition) is 2. The van der Waals surface area contributed by atoms with Gasteiger partial charge < -0.3 is 5.11 Å². The van der Waals surface area contributed by atoms with Gasteiger partial charge in [-0.2, -0.15) is 0 Å². The molecule has 0 aromatic heterocycles. The third kappa shape index (κ3) is 2.15. The maximum Gasteiger partial charge on any atom is 0.133 e. The first-order valence-corrected chi connectivity index (χ1v) is 4.03. The fourth-order valence-corrected chi connectivity index (χ4v) is 1.40. The molecule has 0 aromatic carbocycles. The largest absolute Gasteiger partial charge is 0.392 e. The Hall–Kier alpha value is -0.630. The van der Waals surface area contributed by atoms with E-state index in [1.165, 1.54) is 0 Å². The summed E-state index contributed by atoms with van der Waals surface area (Å²) in [5.74, 6) is 0.489. The molecule has 0 spiro atoms. The third-order valence-electron chi connectivity index (χ3n) is 2.28. The van der Waals surface area contributed by atoms with Gasteiger partial charge in [-0.25, -0.2) is 0 Å². The molecule has 0 aromatic rings. The first-order chi connectivity index (χ1) is 5.24. The van der Waals surface area contributed by atoms with Crippen LogP contribution in [0.2, 0.25) is 0 Å². The lowest BCUT2D eigenvalue weighted by Crippen LogP contribution is -2.14. The molecule has 0 amide bonds. The number of aliphatic hydroxyl groups is 1. The lowest BCUT2D eigenvalue weighted by molar-refractivity contribution is -0.120. The minimum Gasteiger partial charge on any atom is -0.392 e. The second-order valence-corrected chi connectivity index (χ2v) is 3.10. The molecule has 1 aliphatic carbocycles. The standard InChI is InChI=1S/C9H14O2/c1-7(11)9-4-2-8(6-10)3-5-9/h2,9-10H,3-6H2,1H3. The van der Waals surface area contributed by atoms with Crippen molar-refractivity contribution >= 4 is 5.78 Å². The van der Waals surface area contributed by atoms with Gasteiger partial charge in [-0.15, -0.1) is 0 Å². The topological polar surface area (TPSA) is 37.3 Å².